The highest BCUT2D eigenvalue weighted by molar-refractivity contribution is 5.71. The molecule has 0 rings (SSSR count). The predicted octanol–water partition coefficient (Wildman–Crippen LogP) is 21.0. The SMILES string of the molecule is CC/C=C\C/C=C\C/C=C\C/C=C\C/C=C\CCCCCCCCCCCC(=O)OCC(COC(=O)CCCCC/C=C\C/C=C\C/C=C\CC)OC(=O)CCCCCCCC/C=C\C/C=C\C/C=C\CCCCC. The molecule has 0 aromatic rings. The Morgan fingerprint density at radius 3 is 0.827 bits per heavy atom. The van der Waals surface area contributed by atoms with Crippen molar-refractivity contribution in [1.82, 2.24) is 0 Å². The summed E-state index contributed by atoms with van der Waals surface area (Å²) in [6.45, 7) is 6.34. The van der Waals surface area contributed by atoms with Crippen molar-refractivity contribution >= 4 is 17.9 Å². The summed E-state index contributed by atoms with van der Waals surface area (Å²) in [6.07, 6.45) is 87.3. The number of allylic oxidation sites excluding steroid dienone is 22. The van der Waals surface area contributed by atoms with Gasteiger partial charge in [0.1, 0.15) is 13.2 Å². The number of carbonyl (C=O) groups excluding carboxylic acids is 3. The molecular weight excluding hydrogens is 925 g/mol. The molecule has 0 saturated carbocycles. The molecule has 0 fully saturated rings. The van der Waals surface area contributed by atoms with E-state index in [1.807, 2.05) is 0 Å². The first-order valence-electron chi connectivity index (χ1n) is 30.7. The smallest absolute Gasteiger partial charge is 0.306 e. The van der Waals surface area contributed by atoms with Gasteiger partial charge >= 0.3 is 17.9 Å². The minimum Gasteiger partial charge on any atom is -0.462 e. The van der Waals surface area contributed by atoms with Crippen LogP contribution in [0.5, 0.6) is 0 Å². The molecule has 0 heterocycles. The Bertz CT molecular complexity index is 1620. The van der Waals surface area contributed by atoms with Crippen LogP contribution in [0.15, 0.2) is 134 Å². The molecule has 0 aliphatic heterocycles. The summed E-state index contributed by atoms with van der Waals surface area (Å²) in [5.74, 6) is -0.949. The molecule has 0 saturated heterocycles. The van der Waals surface area contributed by atoms with Gasteiger partial charge in [0.15, 0.2) is 6.10 Å². The quantitative estimate of drug-likeness (QED) is 0.0261. The molecular formula is C69H112O6. The van der Waals surface area contributed by atoms with Crippen molar-refractivity contribution in [2.75, 3.05) is 13.2 Å². The molecule has 0 aliphatic rings. The van der Waals surface area contributed by atoms with Gasteiger partial charge in [-0.3, -0.25) is 14.4 Å². The number of esters is 3. The number of hydrogen-bond donors (Lipinski definition) is 0. The Balaban J connectivity index is 4.40. The van der Waals surface area contributed by atoms with Crippen LogP contribution in [-0.4, -0.2) is 37.2 Å². The maximum Gasteiger partial charge on any atom is 0.306 e. The van der Waals surface area contributed by atoms with E-state index < -0.39 is 6.10 Å². The van der Waals surface area contributed by atoms with Crippen molar-refractivity contribution in [2.45, 2.75) is 271 Å². The van der Waals surface area contributed by atoms with Crippen LogP contribution >= 0.6 is 0 Å². The van der Waals surface area contributed by atoms with E-state index in [1.165, 1.54) is 77.0 Å². The number of unbranched alkanes of at least 4 members (excludes halogenated alkanes) is 21. The minimum atomic E-state index is -0.805. The lowest BCUT2D eigenvalue weighted by Crippen LogP contribution is -2.30. The summed E-state index contributed by atoms with van der Waals surface area (Å²) in [4.78, 5) is 38.2. The highest BCUT2D eigenvalue weighted by Crippen LogP contribution is 2.14. The van der Waals surface area contributed by atoms with Gasteiger partial charge < -0.3 is 14.2 Å². The Labute approximate surface area is 462 Å². The van der Waals surface area contributed by atoms with Crippen LogP contribution in [0, 0.1) is 0 Å². The first kappa shape index (κ1) is 70.5. The third-order valence-corrected chi connectivity index (χ3v) is 12.6. The maximum absolute atomic E-state index is 12.9. The number of carbonyl (C=O) groups is 3. The second-order valence-corrected chi connectivity index (χ2v) is 19.8. The van der Waals surface area contributed by atoms with Crippen molar-refractivity contribution in [3.8, 4) is 0 Å². The lowest BCUT2D eigenvalue weighted by molar-refractivity contribution is -0.167. The van der Waals surface area contributed by atoms with E-state index >= 15 is 0 Å². The van der Waals surface area contributed by atoms with Crippen molar-refractivity contribution in [3.63, 3.8) is 0 Å². The average Bonchev–Trinajstić information content (AvgIpc) is 3.41. The van der Waals surface area contributed by atoms with Crippen molar-refractivity contribution in [1.29, 1.82) is 0 Å². The fourth-order valence-electron chi connectivity index (χ4n) is 8.08. The molecule has 0 aromatic carbocycles. The predicted molar refractivity (Wildman–Crippen MR) is 325 cm³/mol. The topological polar surface area (TPSA) is 78.9 Å². The van der Waals surface area contributed by atoms with Gasteiger partial charge in [-0.15, -0.1) is 0 Å². The standard InChI is InChI=1S/C69H112O6/c1-4-7-10-13-16-19-22-25-27-29-31-32-33-34-35-36-38-39-41-44-47-50-53-56-59-62-68(71)74-65-66(64-73-67(70)61-58-55-52-49-46-43-24-21-18-15-12-9-6-3)75-69(72)63-60-57-54-51-48-45-42-40-37-30-28-26-23-20-17-14-11-8-5-2/h7,9-10,12,16-21,25-28,31-32,34-35,37,40,43,46,66H,4-6,8,11,13-15,22-24,29-30,33,36,38-39,41-42,44-45,47-65H2,1-3H3/b10-7-,12-9-,19-16-,20-17-,21-18-,27-25-,28-26-,32-31-,35-34-,40-37-,46-43-. The number of rotatable bonds is 54. The Hall–Kier alpha value is -4.45. The molecule has 0 bridgehead atoms. The first-order valence-corrected chi connectivity index (χ1v) is 30.7. The van der Waals surface area contributed by atoms with E-state index in [-0.39, 0.29) is 31.1 Å². The lowest BCUT2D eigenvalue weighted by Gasteiger charge is -2.18. The summed E-state index contributed by atoms with van der Waals surface area (Å²) in [5, 5.41) is 0. The number of hydrogen-bond acceptors (Lipinski definition) is 6. The van der Waals surface area contributed by atoms with Gasteiger partial charge in [-0.2, -0.15) is 0 Å². The summed E-state index contributed by atoms with van der Waals surface area (Å²) < 4.78 is 16.9. The fraction of sp³-hybridized carbons (Fsp3) is 0.638. The maximum atomic E-state index is 12.9. The molecule has 1 atom stereocenters. The van der Waals surface area contributed by atoms with Crippen LogP contribution in [0.25, 0.3) is 0 Å². The monoisotopic (exact) mass is 1040 g/mol. The van der Waals surface area contributed by atoms with Gasteiger partial charge in [0, 0.05) is 19.3 Å². The zero-order valence-corrected chi connectivity index (χ0v) is 48.5. The molecule has 0 N–H and O–H groups in total. The van der Waals surface area contributed by atoms with Crippen LogP contribution in [-0.2, 0) is 28.6 Å². The molecule has 0 amide bonds. The summed E-state index contributed by atoms with van der Waals surface area (Å²) in [6, 6.07) is 0. The molecule has 424 valence electrons. The molecule has 0 aliphatic carbocycles. The van der Waals surface area contributed by atoms with Crippen LogP contribution in [0.3, 0.4) is 0 Å². The summed E-state index contributed by atoms with van der Waals surface area (Å²) in [5.41, 5.74) is 0. The molecule has 6 heteroatoms. The van der Waals surface area contributed by atoms with E-state index in [4.69, 9.17) is 14.2 Å². The van der Waals surface area contributed by atoms with Crippen molar-refractivity contribution < 1.29 is 28.6 Å². The van der Waals surface area contributed by atoms with Crippen LogP contribution in [0.1, 0.15) is 265 Å². The van der Waals surface area contributed by atoms with Crippen LogP contribution < -0.4 is 0 Å². The molecule has 0 radical (unpaired) electrons. The zero-order valence-electron chi connectivity index (χ0n) is 48.5. The molecule has 0 aromatic heterocycles. The average molecular weight is 1040 g/mol. The third-order valence-electron chi connectivity index (χ3n) is 12.6. The van der Waals surface area contributed by atoms with E-state index in [1.54, 1.807) is 0 Å². The van der Waals surface area contributed by atoms with Gasteiger partial charge in [0.25, 0.3) is 0 Å². The van der Waals surface area contributed by atoms with Gasteiger partial charge in [-0.25, -0.2) is 0 Å². The fourth-order valence-corrected chi connectivity index (χ4v) is 8.08. The third kappa shape index (κ3) is 60.3. The molecule has 1 unspecified atom stereocenters. The van der Waals surface area contributed by atoms with Gasteiger partial charge in [0.05, 0.1) is 0 Å². The van der Waals surface area contributed by atoms with E-state index in [2.05, 4.69) is 154 Å². The second-order valence-electron chi connectivity index (χ2n) is 19.8. The van der Waals surface area contributed by atoms with Crippen LogP contribution in [0.2, 0.25) is 0 Å². The molecule has 0 spiro atoms. The van der Waals surface area contributed by atoms with E-state index in [0.717, 1.165) is 148 Å². The second kappa shape index (κ2) is 62.1. The Kier molecular flexibility index (Phi) is 58.4. The highest BCUT2D eigenvalue weighted by Gasteiger charge is 2.19. The normalized spacial score (nSPS) is 13.1. The molecule has 6 nitrogen and oxygen atoms in total. The van der Waals surface area contributed by atoms with E-state index in [0.29, 0.717) is 19.3 Å². The van der Waals surface area contributed by atoms with E-state index in [9.17, 15) is 14.4 Å². The highest BCUT2D eigenvalue weighted by atomic mass is 16.6. The Morgan fingerprint density at radius 2 is 0.520 bits per heavy atom. The van der Waals surface area contributed by atoms with Gasteiger partial charge in [-0.05, 0) is 135 Å². The largest absolute Gasteiger partial charge is 0.462 e. The Morgan fingerprint density at radius 1 is 0.280 bits per heavy atom. The van der Waals surface area contributed by atoms with Gasteiger partial charge in [-0.1, -0.05) is 244 Å². The van der Waals surface area contributed by atoms with Crippen molar-refractivity contribution in [2.24, 2.45) is 0 Å². The minimum absolute atomic E-state index is 0.100. The first-order chi connectivity index (χ1) is 37.0. The lowest BCUT2D eigenvalue weighted by atomic mass is 10.1. The van der Waals surface area contributed by atoms with Gasteiger partial charge in [0.2, 0.25) is 0 Å². The number of ether oxygens (including phenoxy) is 3. The molecule has 75 heavy (non-hydrogen) atoms. The summed E-state index contributed by atoms with van der Waals surface area (Å²) in [7, 11) is 0. The van der Waals surface area contributed by atoms with Crippen LogP contribution in [0.4, 0.5) is 0 Å². The van der Waals surface area contributed by atoms with Crippen molar-refractivity contribution in [3.05, 3.63) is 134 Å². The summed E-state index contributed by atoms with van der Waals surface area (Å²) >= 11 is 0. The zero-order chi connectivity index (χ0) is 54.3.